The van der Waals surface area contributed by atoms with Crippen LogP contribution in [0.5, 0.6) is 0 Å². The van der Waals surface area contributed by atoms with Crippen molar-refractivity contribution < 1.29 is 4.79 Å². The second kappa shape index (κ2) is 8.57. The Bertz CT molecular complexity index is 104. The van der Waals surface area contributed by atoms with Gasteiger partial charge < -0.3 is 5.32 Å². The molecule has 1 unspecified atom stereocenters. The number of amides is 1. The van der Waals surface area contributed by atoms with E-state index in [1.54, 1.807) is 0 Å². The summed E-state index contributed by atoms with van der Waals surface area (Å²) >= 11 is 0. The van der Waals surface area contributed by atoms with Crippen LogP contribution >= 0.6 is 0 Å². The van der Waals surface area contributed by atoms with Crippen molar-refractivity contribution in [1.82, 2.24) is 5.32 Å². The highest BCUT2D eigenvalue weighted by Gasteiger charge is 2.00. The van der Waals surface area contributed by atoms with Crippen molar-refractivity contribution in [2.45, 2.75) is 46.0 Å². The van der Waals surface area contributed by atoms with E-state index < -0.39 is 0 Å². The van der Waals surface area contributed by atoms with Crippen molar-refractivity contribution >= 4 is 6.41 Å². The SMILES string of the molecule is CCCCCC(C)CCNC=O. The summed E-state index contributed by atoms with van der Waals surface area (Å²) in [7, 11) is 0. The minimum absolute atomic E-state index is 0.754. The van der Waals surface area contributed by atoms with Gasteiger partial charge in [0.15, 0.2) is 0 Å². The van der Waals surface area contributed by atoms with Gasteiger partial charge in [-0.05, 0) is 12.3 Å². The summed E-state index contributed by atoms with van der Waals surface area (Å²) in [5, 5.41) is 2.69. The second-order valence-corrected chi connectivity index (χ2v) is 3.46. The molecule has 1 atom stereocenters. The lowest BCUT2D eigenvalue weighted by Crippen LogP contribution is -2.14. The normalized spacial score (nSPS) is 12.5. The number of carbonyl (C=O) groups is 1. The molecular weight excluding hydrogens is 150 g/mol. The first kappa shape index (κ1) is 11.5. The van der Waals surface area contributed by atoms with Crippen LogP contribution in [0.4, 0.5) is 0 Å². The van der Waals surface area contributed by atoms with Gasteiger partial charge in [0.2, 0.25) is 6.41 Å². The fourth-order valence-electron chi connectivity index (χ4n) is 1.28. The van der Waals surface area contributed by atoms with Gasteiger partial charge in [0, 0.05) is 6.54 Å². The molecule has 2 heteroatoms. The van der Waals surface area contributed by atoms with Crippen LogP contribution in [0, 0.1) is 5.92 Å². The largest absolute Gasteiger partial charge is 0.359 e. The molecule has 72 valence electrons. The van der Waals surface area contributed by atoms with Crippen molar-refractivity contribution in [2.75, 3.05) is 6.54 Å². The van der Waals surface area contributed by atoms with E-state index in [4.69, 9.17) is 0 Å². The Morgan fingerprint density at radius 3 is 2.67 bits per heavy atom. The Labute approximate surface area is 75.7 Å². The van der Waals surface area contributed by atoms with Gasteiger partial charge in [-0.3, -0.25) is 4.79 Å². The molecule has 0 rings (SSSR count). The van der Waals surface area contributed by atoms with Crippen molar-refractivity contribution in [3.63, 3.8) is 0 Å². The molecule has 0 saturated heterocycles. The zero-order valence-electron chi connectivity index (χ0n) is 8.31. The smallest absolute Gasteiger partial charge is 0.207 e. The van der Waals surface area contributed by atoms with Crippen molar-refractivity contribution in [2.24, 2.45) is 5.92 Å². The molecule has 0 aromatic heterocycles. The minimum atomic E-state index is 0.754. The van der Waals surface area contributed by atoms with Gasteiger partial charge >= 0.3 is 0 Å². The molecule has 12 heavy (non-hydrogen) atoms. The third-order valence-corrected chi connectivity index (χ3v) is 2.17. The highest BCUT2D eigenvalue weighted by Crippen LogP contribution is 2.11. The molecule has 0 spiro atoms. The van der Waals surface area contributed by atoms with Crippen LogP contribution in [0.15, 0.2) is 0 Å². The zero-order valence-corrected chi connectivity index (χ0v) is 8.31. The Morgan fingerprint density at radius 1 is 1.33 bits per heavy atom. The summed E-state index contributed by atoms with van der Waals surface area (Å²) < 4.78 is 0. The number of unbranched alkanes of at least 4 members (excludes halogenated alkanes) is 2. The van der Waals surface area contributed by atoms with Gasteiger partial charge in [-0.15, -0.1) is 0 Å². The molecule has 0 bridgehead atoms. The van der Waals surface area contributed by atoms with E-state index in [1.807, 2.05) is 0 Å². The van der Waals surface area contributed by atoms with Crippen molar-refractivity contribution in [1.29, 1.82) is 0 Å². The van der Waals surface area contributed by atoms with Crippen LogP contribution in [0.1, 0.15) is 46.0 Å². The zero-order chi connectivity index (χ0) is 9.23. The average molecular weight is 171 g/mol. The maximum Gasteiger partial charge on any atom is 0.207 e. The maximum absolute atomic E-state index is 9.94. The minimum Gasteiger partial charge on any atom is -0.359 e. The lowest BCUT2D eigenvalue weighted by atomic mass is 10.0. The maximum atomic E-state index is 9.94. The summed E-state index contributed by atoms with van der Waals surface area (Å²) in [6.07, 6.45) is 7.15. The Balaban J connectivity index is 3.09. The lowest BCUT2D eigenvalue weighted by Gasteiger charge is -2.09. The molecule has 0 aromatic rings. The van der Waals surface area contributed by atoms with Crippen LogP contribution < -0.4 is 5.32 Å². The molecule has 0 aliphatic rings. The summed E-state index contributed by atoms with van der Waals surface area (Å²) in [5.41, 5.74) is 0. The van der Waals surface area contributed by atoms with Crippen LogP contribution in [0.2, 0.25) is 0 Å². The van der Waals surface area contributed by atoms with Crippen LogP contribution in [-0.4, -0.2) is 13.0 Å². The number of nitrogens with one attached hydrogen (secondary N) is 1. The van der Waals surface area contributed by atoms with Crippen LogP contribution in [0.3, 0.4) is 0 Å². The highest BCUT2D eigenvalue weighted by atomic mass is 16.1. The van der Waals surface area contributed by atoms with Crippen LogP contribution in [0.25, 0.3) is 0 Å². The number of hydrogen-bond acceptors (Lipinski definition) is 1. The molecule has 0 radical (unpaired) electrons. The molecule has 0 heterocycles. The lowest BCUT2D eigenvalue weighted by molar-refractivity contribution is -0.109. The van der Waals surface area contributed by atoms with E-state index in [0.29, 0.717) is 0 Å². The number of rotatable bonds is 8. The van der Waals surface area contributed by atoms with E-state index >= 15 is 0 Å². The summed E-state index contributed by atoms with van der Waals surface area (Å²) in [5.74, 6) is 0.754. The summed E-state index contributed by atoms with van der Waals surface area (Å²) in [6, 6.07) is 0. The fraction of sp³-hybridized carbons (Fsp3) is 0.900. The third kappa shape index (κ3) is 7.58. The van der Waals surface area contributed by atoms with Crippen molar-refractivity contribution in [3.8, 4) is 0 Å². The summed E-state index contributed by atoms with van der Waals surface area (Å²) in [4.78, 5) is 9.94. The number of hydrogen-bond donors (Lipinski definition) is 1. The molecule has 0 aliphatic carbocycles. The molecule has 0 saturated carbocycles. The first-order chi connectivity index (χ1) is 5.81. The second-order valence-electron chi connectivity index (χ2n) is 3.46. The summed E-state index contributed by atoms with van der Waals surface area (Å²) in [6.45, 7) is 5.30. The van der Waals surface area contributed by atoms with E-state index in [-0.39, 0.29) is 0 Å². The molecule has 1 N–H and O–H groups in total. The van der Waals surface area contributed by atoms with Gasteiger partial charge in [-0.25, -0.2) is 0 Å². The fourth-order valence-corrected chi connectivity index (χ4v) is 1.28. The molecule has 2 nitrogen and oxygen atoms in total. The number of carbonyl (C=O) groups excluding carboxylic acids is 1. The molecule has 1 amide bonds. The quantitative estimate of drug-likeness (QED) is 0.441. The topological polar surface area (TPSA) is 29.1 Å². The van der Waals surface area contributed by atoms with E-state index in [1.165, 1.54) is 25.7 Å². The van der Waals surface area contributed by atoms with Gasteiger partial charge in [-0.2, -0.15) is 0 Å². The highest BCUT2D eigenvalue weighted by molar-refractivity contribution is 5.45. The predicted molar refractivity (Wildman–Crippen MR) is 52.0 cm³/mol. The van der Waals surface area contributed by atoms with E-state index in [9.17, 15) is 4.79 Å². The third-order valence-electron chi connectivity index (χ3n) is 2.17. The van der Waals surface area contributed by atoms with E-state index in [0.717, 1.165) is 25.3 Å². The first-order valence-corrected chi connectivity index (χ1v) is 4.98. The Hall–Kier alpha value is -0.530. The van der Waals surface area contributed by atoms with E-state index in [2.05, 4.69) is 19.2 Å². The Morgan fingerprint density at radius 2 is 2.08 bits per heavy atom. The molecule has 0 aromatic carbocycles. The molecule has 0 fully saturated rings. The monoisotopic (exact) mass is 171 g/mol. The van der Waals surface area contributed by atoms with Crippen LogP contribution in [-0.2, 0) is 4.79 Å². The Kier molecular flexibility index (Phi) is 8.19. The standard InChI is InChI=1S/C10H21NO/c1-3-4-5-6-10(2)7-8-11-9-12/h9-10H,3-8H2,1-2H3,(H,11,12). The molecule has 0 aliphatic heterocycles. The van der Waals surface area contributed by atoms with Gasteiger partial charge in [0.05, 0.1) is 0 Å². The van der Waals surface area contributed by atoms with Crippen molar-refractivity contribution in [3.05, 3.63) is 0 Å². The first-order valence-electron chi connectivity index (χ1n) is 4.98. The molecular formula is C10H21NO. The predicted octanol–water partition coefficient (Wildman–Crippen LogP) is 2.34. The van der Waals surface area contributed by atoms with Gasteiger partial charge in [-0.1, -0.05) is 39.5 Å². The van der Waals surface area contributed by atoms with Gasteiger partial charge in [0.25, 0.3) is 0 Å². The average Bonchev–Trinajstić information content (AvgIpc) is 2.06. The van der Waals surface area contributed by atoms with Gasteiger partial charge in [0.1, 0.15) is 0 Å².